The third-order valence-corrected chi connectivity index (χ3v) is 3.46. The van der Waals surface area contributed by atoms with Crippen LogP contribution in [0.3, 0.4) is 0 Å². The maximum Gasteiger partial charge on any atom is 0.211 e. The van der Waals surface area contributed by atoms with Gasteiger partial charge in [-0.1, -0.05) is 6.92 Å². The Hall–Kier alpha value is -2.29. The zero-order valence-corrected chi connectivity index (χ0v) is 11.1. The summed E-state index contributed by atoms with van der Waals surface area (Å²) >= 11 is 0. The van der Waals surface area contributed by atoms with Gasteiger partial charge in [-0.3, -0.25) is 0 Å². The Morgan fingerprint density at radius 3 is 2.74 bits per heavy atom. The third kappa shape index (κ3) is 1.87. The predicted molar refractivity (Wildman–Crippen MR) is 74.7 cm³/mol. The molecule has 0 atom stereocenters. The number of nitrogens with zero attached hydrogens (tertiary/aromatic N) is 1. The molecule has 0 radical (unpaired) electrons. The summed E-state index contributed by atoms with van der Waals surface area (Å²) in [6.07, 6.45) is 5.21. The van der Waals surface area contributed by atoms with E-state index in [1.54, 1.807) is 13.2 Å². The van der Waals surface area contributed by atoms with Crippen LogP contribution in [0.1, 0.15) is 12.5 Å². The average molecular weight is 254 g/mol. The van der Waals surface area contributed by atoms with Crippen LogP contribution in [0.4, 0.5) is 0 Å². The maximum absolute atomic E-state index is 9.83. The molecule has 0 amide bonds. The molecule has 0 aliphatic carbocycles. The largest absolute Gasteiger partial charge is 0.504 e. The van der Waals surface area contributed by atoms with E-state index in [1.807, 2.05) is 12.1 Å². The van der Waals surface area contributed by atoms with Crippen LogP contribution in [0.15, 0.2) is 42.7 Å². The second kappa shape index (κ2) is 4.43. The van der Waals surface area contributed by atoms with E-state index in [0.717, 1.165) is 22.7 Å². The van der Waals surface area contributed by atoms with Crippen molar-refractivity contribution in [2.75, 3.05) is 7.11 Å². The van der Waals surface area contributed by atoms with E-state index in [2.05, 4.69) is 35.9 Å². The van der Waals surface area contributed by atoms with E-state index >= 15 is 0 Å². The fourth-order valence-corrected chi connectivity index (χ4v) is 2.40. The van der Waals surface area contributed by atoms with Gasteiger partial charge in [0, 0.05) is 23.1 Å². The lowest BCUT2D eigenvalue weighted by Crippen LogP contribution is -2.21. The highest BCUT2D eigenvalue weighted by molar-refractivity contribution is 5.91. The molecule has 0 unspecified atom stereocenters. The van der Waals surface area contributed by atoms with Crippen molar-refractivity contribution in [1.82, 2.24) is 0 Å². The van der Waals surface area contributed by atoms with Crippen molar-refractivity contribution in [3.05, 3.63) is 48.3 Å². The lowest BCUT2D eigenvalue weighted by atomic mass is 10.1. The number of phenols is 1. The zero-order chi connectivity index (χ0) is 13.4. The number of phenolic OH excluding ortho intramolecular Hbond substituents is 1. The van der Waals surface area contributed by atoms with Crippen molar-refractivity contribution >= 4 is 16.3 Å². The molecule has 2 aromatic heterocycles. The van der Waals surface area contributed by atoms with Gasteiger partial charge in [-0.2, -0.15) is 4.40 Å². The minimum Gasteiger partial charge on any atom is -0.504 e. The van der Waals surface area contributed by atoms with Crippen LogP contribution < -0.4 is 9.14 Å². The van der Waals surface area contributed by atoms with Crippen LogP contribution >= 0.6 is 0 Å². The summed E-state index contributed by atoms with van der Waals surface area (Å²) in [6.45, 7) is 2.14. The highest BCUT2D eigenvalue weighted by Gasteiger charge is 2.12. The molecule has 0 aliphatic rings. The van der Waals surface area contributed by atoms with Crippen LogP contribution in [0.5, 0.6) is 11.5 Å². The Bertz CT molecular complexity index is 765. The summed E-state index contributed by atoms with van der Waals surface area (Å²) in [6, 6.07) is 9.81. The Balaban J connectivity index is 2.37. The van der Waals surface area contributed by atoms with E-state index in [9.17, 15) is 5.11 Å². The summed E-state index contributed by atoms with van der Waals surface area (Å²) in [4.78, 5) is 0. The van der Waals surface area contributed by atoms with Gasteiger partial charge in [0.1, 0.15) is 0 Å². The van der Waals surface area contributed by atoms with Gasteiger partial charge >= 0.3 is 0 Å². The van der Waals surface area contributed by atoms with Crippen molar-refractivity contribution in [2.24, 2.45) is 0 Å². The molecule has 19 heavy (non-hydrogen) atoms. The van der Waals surface area contributed by atoms with Crippen molar-refractivity contribution in [2.45, 2.75) is 13.3 Å². The fourth-order valence-electron chi connectivity index (χ4n) is 2.40. The molecule has 3 heteroatoms. The first kappa shape index (κ1) is 11.8. The molecule has 0 aliphatic heterocycles. The molecule has 0 fully saturated rings. The number of pyridine rings is 2. The number of aryl methyl sites for hydroxylation is 1. The Kier molecular flexibility index (Phi) is 2.75. The zero-order valence-electron chi connectivity index (χ0n) is 11.1. The lowest BCUT2D eigenvalue weighted by Gasteiger charge is -2.06. The number of aromatic hydroxyl groups is 1. The highest BCUT2D eigenvalue weighted by Crippen LogP contribution is 2.34. The number of hydrogen-bond donors (Lipinski definition) is 1. The normalized spacial score (nSPS) is 11.1. The Morgan fingerprint density at radius 2 is 2.00 bits per heavy atom. The van der Waals surface area contributed by atoms with Crippen LogP contribution in [-0.4, -0.2) is 12.2 Å². The highest BCUT2D eigenvalue weighted by atomic mass is 16.5. The molecule has 0 saturated carbocycles. The second-order valence-electron chi connectivity index (χ2n) is 4.62. The van der Waals surface area contributed by atoms with Gasteiger partial charge in [0.05, 0.1) is 12.5 Å². The molecule has 3 aromatic rings. The van der Waals surface area contributed by atoms with Crippen molar-refractivity contribution in [3.8, 4) is 11.5 Å². The number of methoxy groups -OCH3 is 1. The minimum atomic E-state index is 0.171. The molecular weight excluding hydrogens is 238 g/mol. The summed E-state index contributed by atoms with van der Waals surface area (Å²) in [7, 11) is 1.58. The van der Waals surface area contributed by atoms with Crippen LogP contribution in [-0.2, 0) is 6.42 Å². The van der Waals surface area contributed by atoms with Crippen LogP contribution in [0, 0.1) is 0 Å². The van der Waals surface area contributed by atoms with Gasteiger partial charge in [0.2, 0.25) is 5.52 Å². The summed E-state index contributed by atoms with van der Waals surface area (Å²) in [5, 5.41) is 11.8. The first-order valence-corrected chi connectivity index (χ1v) is 6.36. The van der Waals surface area contributed by atoms with Gasteiger partial charge in [-0.05, 0) is 24.6 Å². The monoisotopic (exact) mass is 254 g/mol. The van der Waals surface area contributed by atoms with E-state index < -0.39 is 0 Å². The van der Waals surface area contributed by atoms with Crippen LogP contribution in [0.2, 0.25) is 0 Å². The quantitative estimate of drug-likeness (QED) is 0.563. The third-order valence-electron chi connectivity index (χ3n) is 3.46. The average Bonchev–Trinajstić information content (AvgIpc) is 2.44. The Morgan fingerprint density at radius 1 is 1.16 bits per heavy atom. The molecule has 0 bridgehead atoms. The number of fused-ring (bicyclic) bond motifs is 2. The standard InChI is InChI=1S/C16H15NO2/c1-3-11-4-6-13-8-14-12(10-17(13)9-11)5-7-15(18)16(14)19-2/h4-10H,3H2,1-2H3/p+1. The maximum atomic E-state index is 9.83. The molecule has 3 nitrogen and oxygen atoms in total. The smallest absolute Gasteiger partial charge is 0.211 e. The van der Waals surface area contributed by atoms with E-state index in [4.69, 9.17) is 4.74 Å². The van der Waals surface area contributed by atoms with Crippen molar-refractivity contribution < 1.29 is 14.2 Å². The molecule has 1 N–H and O–H groups in total. The molecule has 96 valence electrons. The number of rotatable bonds is 2. The van der Waals surface area contributed by atoms with E-state index in [-0.39, 0.29) is 5.75 Å². The molecular formula is C16H16NO2+. The van der Waals surface area contributed by atoms with Gasteiger partial charge in [0.15, 0.2) is 23.9 Å². The first-order valence-electron chi connectivity index (χ1n) is 6.36. The summed E-state index contributed by atoms with van der Waals surface area (Å²) in [5.74, 6) is 0.698. The van der Waals surface area contributed by atoms with E-state index in [1.165, 1.54) is 5.56 Å². The molecule has 2 heterocycles. The Labute approximate surface area is 111 Å². The molecule has 3 rings (SSSR count). The number of aromatic nitrogens is 1. The van der Waals surface area contributed by atoms with Crippen molar-refractivity contribution in [1.29, 1.82) is 0 Å². The second-order valence-corrected chi connectivity index (χ2v) is 4.62. The topological polar surface area (TPSA) is 33.6 Å². The van der Waals surface area contributed by atoms with Gasteiger partial charge < -0.3 is 9.84 Å². The van der Waals surface area contributed by atoms with Crippen LogP contribution in [0.25, 0.3) is 16.3 Å². The molecule has 0 spiro atoms. The summed E-state index contributed by atoms with van der Waals surface area (Å²) < 4.78 is 7.40. The SMILES string of the molecule is CCc1ccc2cc3c(OC)c(O)ccc3c[n+]2c1. The van der Waals surface area contributed by atoms with Gasteiger partial charge in [0.25, 0.3) is 0 Å². The lowest BCUT2D eigenvalue weighted by molar-refractivity contribution is -0.510. The number of ether oxygens (including phenoxy) is 1. The number of hydrogen-bond acceptors (Lipinski definition) is 2. The molecule has 0 saturated heterocycles. The van der Waals surface area contributed by atoms with Gasteiger partial charge in [-0.15, -0.1) is 0 Å². The minimum absolute atomic E-state index is 0.171. The van der Waals surface area contributed by atoms with Crippen molar-refractivity contribution in [3.63, 3.8) is 0 Å². The predicted octanol–water partition coefficient (Wildman–Crippen LogP) is 2.86. The number of benzene rings is 1. The molecule has 1 aromatic carbocycles. The van der Waals surface area contributed by atoms with E-state index in [0.29, 0.717) is 5.75 Å². The van der Waals surface area contributed by atoms with Gasteiger partial charge in [-0.25, -0.2) is 0 Å². The fraction of sp³-hybridized carbons (Fsp3) is 0.188. The summed E-state index contributed by atoms with van der Waals surface area (Å²) in [5.41, 5.74) is 2.37. The first-order chi connectivity index (χ1) is 9.22.